The van der Waals surface area contributed by atoms with Gasteiger partial charge in [-0.2, -0.15) is 0 Å². The lowest BCUT2D eigenvalue weighted by atomic mass is 9.98. The molecule has 31 heavy (non-hydrogen) atoms. The quantitative estimate of drug-likeness (QED) is 0.576. The minimum Gasteiger partial charge on any atom is -0.326 e. The second kappa shape index (κ2) is 7.81. The zero-order chi connectivity index (χ0) is 21.4. The van der Waals surface area contributed by atoms with Gasteiger partial charge in [0.15, 0.2) is 4.96 Å². The Morgan fingerprint density at radius 2 is 1.97 bits per heavy atom. The average Bonchev–Trinajstić information content (AvgIpc) is 3.51. The van der Waals surface area contributed by atoms with Gasteiger partial charge in [-0.15, -0.1) is 11.3 Å². The number of fused-ring (bicyclic) bond motifs is 1. The molecule has 9 heteroatoms. The SMILES string of the molecule is O=C(CCCN1C(=O)NC2(CCCC2)C1=O)Nc1ccc(-c2cn3ccsc3n2)cc1. The highest BCUT2D eigenvalue weighted by Gasteiger charge is 2.52. The van der Waals surface area contributed by atoms with E-state index in [0.29, 0.717) is 24.9 Å². The molecule has 8 nitrogen and oxygen atoms in total. The summed E-state index contributed by atoms with van der Waals surface area (Å²) >= 11 is 1.58. The van der Waals surface area contributed by atoms with E-state index in [2.05, 4.69) is 15.6 Å². The molecule has 1 spiro atoms. The summed E-state index contributed by atoms with van der Waals surface area (Å²) in [6.07, 6.45) is 7.96. The van der Waals surface area contributed by atoms with E-state index in [0.717, 1.165) is 29.1 Å². The summed E-state index contributed by atoms with van der Waals surface area (Å²) < 4.78 is 1.98. The van der Waals surface area contributed by atoms with Crippen molar-refractivity contribution in [3.05, 3.63) is 42.0 Å². The van der Waals surface area contributed by atoms with Crippen LogP contribution in [-0.2, 0) is 9.59 Å². The molecule has 4 amide bonds. The van der Waals surface area contributed by atoms with Gasteiger partial charge < -0.3 is 10.6 Å². The molecule has 1 saturated heterocycles. The Balaban J connectivity index is 1.13. The van der Waals surface area contributed by atoms with Gasteiger partial charge in [-0.25, -0.2) is 9.78 Å². The third-order valence-electron chi connectivity index (χ3n) is 6.05. The maximum absolute atomic E-state index is 12.6. The van der Waals surface area contributed by atoms with Crippen molar-refractivity contribution in [2.75, 3.05) is 11.9 Å². The van der Waals surface area contributed by atoms with Crippen molar-refractivity contribution in [3.63, 3.8) is 0 Å². The lowest BCUT2D eigenvalue weighted by molar-refractivity contribution is -0.131. The van der Waals surface area contributed by atoms with Gasteiger partial charge in [0, 0.05) is 42.0 Å². The van der Waals surface area contributed by atoms with Crippen LogP contribution >= 0.6 is 11.3 Å². The molecule has 2 aromatic heterocycles. The number of anilines is 1. The second-order valence-electron chi connectivity index (χ2n) is 8.12. The molecule has 3 aromatic rings. The largest absolute Gasteiger partial charge is 0.326 e. The van der Waals surface area contributed by atoms with Gasteiger partial charge in [-0.3, -0.25) is 18.9 Å². The zero-order valence-corrected chi connectivity index (χ0v) is 17.8. The van der Waals surface area contributed by atoms with Crippen molar-refractivity contribution >= 4 is 39.8 Å². The molecule has 2 N–H and O–H groups in total. The number of carbonyl (C=O) groups excluding carboxylic acids is 3. The first-order valence-electron chi connectivity index (χ1n) is 10.5. The van der Waals surface area contributed by atoms with Crippen molar-refractivity contribution in [2.45, 2.75) is 44.1 Å². The summed E-state index contributed by atoms with van der Waals surface area (Å²) in [7, 11) is 0. The molecule has 2 aliphatic rings. The predicted molar refractivity (Wildman–Crippen MR) is 118 cm³/mol. The van der Waals surface area contributed by atoms with Gasteiger partial charge in [-0.05, 0) is 31.4 Å². The molecule has 0 bridgehead atoms. The van der Waals surface area contributed by atoms with Gasteiger partial charge in [0.2, 0.25) is 5.91 Å². The van der Waals surface area contributed by atoms with E-state index in [1.54, 1.807) is 11.3 Å². The second-order valence-corrected chi connectivity index (χ2v) is 9.00. The van der Waals surface area contributed by atoms with Crippen molar-refractivity contribution in [2.24, 2.45) is 0 Å². The summed E-state index contributed by atoms with van der Waals surface area (Å²) in [5.74, 6) is -0.275. The summed E-state index contributed by atoms with van der Waals surface area (Å²) in [4.78, 5) is 43.9. The summed E-state index contributed by atoms with van der Waals surface area (Å²) in [6.45, 7) is 0.260. The Morgan fingerprint density at radius 1 is 1.19 bits per heavy atom. The van der Waals surface area contributed by atoms with Crippen LogP contribution in [0.5, 0.6) is 0 Å². The fraction of sp³-hybridized carbons (Fsp3) is 0.364. The normalized spacial score (nSPS) is 17.6. The number of carbonyl (C=O) groups is 3. The molecule has 0 unspecified atom stereocenters. The highest BCUT2D eigenvalue weighted by atomic mass is 32.1. The molecule has 1 saturated carbocycles. The third-order valence-corrected chi connectivity index (χ3v) is 6.82. The molecule has 1 aliphatic heterocycles. The Kier molecular flexibility index (Phi) is 4.97. The molecule has 160 valence electrons. The third kappa shape index (κ3) is 3.69. The number of benzene rings is 1. The van der Waals surface area contributed by atoms with Gasteiger partial charge in [-0.1, -0.05) is 25.0 Å². The molecular formula is C22H23N5O3S. The Morgan fingerprint density at radius 3 is 2.71 bits per heavy atom. The summed E-state index contributed by atoms with van der Waals surface area (Å²) in [5, 5.41) is 7.73. The predicted octanol–water partition coefficient (Wildman–Crippen LogP) is 3.65. The number of hydrogen-bond donors (Lipinski definition) is 2. The standard InChI is InChI=1S/C22H23N5O3S/c28-18(4-3-11-27-19(29)22(25-20(27)30)9-1-2-10-22)23-16-7-5-15(6-8-16)17-14-26-12-13-31-21(26)24-17/h5-8,12-14H,1-4,9-11H2,(H,23,28)(H,25,30). The van der Waals surface area contributed by atoms with Crippen LogP contribution in [0.4, 0.5) is 10.5 Å². The van der Waals surface area contributed by atoms with Gasteiger partial charge in [0.25, 0.3) is 5.91 Å². The number of thiazole rings is 1. The molecular weight excluding hydrogens is 414 g/mol. The first kappa shape index (κ1) is 19.7. The van der Waals surface area contributed by atoms with Crippen LogP contribution in [0.1, 0.15) is 38.5 Å². The number of nitrogens with zero attached hydrogens (tertiary/aromatic N) is 3. The van der Waals surface area contributed by atoms with E-state index in [1.165, 1.54) is 4.90 Å². The number of imide groups is 1. The first-order chi connectivity index (χ1) is 15.0. The van der Waals surface area contributed by atoms with Crippen LogP contribution in [-0.4, -0.2) is 44.2 Å². The van der Waals surface area contributed by atoms with E-state index >= 15 is 0 Å². The fourth-order valence-electron chi connectivity index (χ4n) is 4.41. The maximum Gasteiger partial charge on any atom is 0.325 e. The first-order valence-corrected chi connectivity index (χ1v) is 11.4. The molecule has 2 fully saturated rings. The van der Waals surface area contributed by atoms with Crippen LogP contribution in [0.25, 0.3) is 16.2 Å². The number of amides is 4. The maximum atomic E-state index is 12.6. The van der Waals surface area contributed by atoms with Gasteiger partial charge in [0.05, 0.1) is 5.69 Å². The van der Waals surface area contributed by atoms with Gasteiger partial charge in [0.1, 0.15) is 5.54 Å². The Bertz CT molecular complexity index is 1120. The van der Waals surface area contributed by atoms with Crippen LogP contribution in [0.15, 0.2) is 42.0 Å². The number of hydrogen-bond acceptors (Lipinski definition) is 5. The van der Waals surface area contributed by atoms with Crippen LogP contribution in [0.3, 0.4) is 0 Å². The Labute approximate surface area is 183 Å². The van der Waals surface area contributed by atoms with E-state index in [4.69, 9.17) is 0 Å². The molecule has 0 atom stereocenters. The Hall–Kier alpha value is -3.20. The van der Waals surface area contributed by atoms with E-state index < -0.39 is 5.54 Å². The molecule has 3 heterocycles. The summed E-state index contributed by atoms with van der Waals surface area (Å²) in [5.41, 5.74) is 1.88. The van der Waals surface area contributed by atoms with Crippen molar-refractivity contribution in [3.8, 4) is 11.3 Å². The number of rotatable bonds is 6. The minimum atomic E-state index is -0.689. The highest BCUT2D eigenvalue weighted by Crippen LogP contribution is 2.35. The number of nitrogens with one attached hydrogen (secondary N) is 2. The zero-order valence-electron chi connectivity index (χ0n) is 17.0. The number of imidazole rings is 1. The average molecular weight is 438 g/mol. The lowest BCUT2D eigenvalue weighted by Crippen LogP contribution is -2.44. The van der Waals surface area contributed by atoms with Crippen molar-refractivity contribution < 1.29 is 14.4 Å². The smallest absolute Gasteiger partial charge is 0.325 e. The number of urea groups is 1. The number of aromatic nitrogens is 2. The van der Waals surface area contributed by atoms with E-state index in [-0.39, 0.29) is 30.8 Å². The van der Waals surface area contributed by atoms with Crippen molar-refractivity contribution in [1.29, 1.82) is 0 Å². The van der Waals surface area contributed by atoms with E-state index in [9.17, 15) is 14.4 Å². The lowest BCUT2D eigenvalue weighted by Gasteiger charge is -2.19. The topological polar surface area (TPSA) is 95.8 Å². The summed E-state index contributed by atoms with van der Waals surface area (Å²) in [6, 6.07) is 7.22. The van der Waals surface area contributed by atoms with Gasteiger partial charge >= 0.3 is 6.03 Å². The van der Waals surface area contributed by atoms with Crippen LogP contribution in [0, 0.1) is 0 Å². The monoisotopic (exact) mass is 437 g/mol. The van der Waals surface area contributed by atoms with Crippen LogP contribution < -0.4 is 10.6 Å². The highest BCUT2D eigenvalue weighted by molar-refractivity contribution is 7.15. The fourth-order valence-corrected chi connectivity index (χ4v) is 5.11. The minimum absolute atomic E-state index is 0.134. The van der Waals surface area contributed by atoms with Crippen LogP contribution in [0.2, 0.25) is 0 Å². The molecule has 5 rings (SSSR count). The van der Waals surface area contributed by atoms with Crippen molar-refractivity contribution in [1.82, 2.24) is 19.6 Å². The molecule has 0 radical (unpaired) electrons. The molecule has 1 aliphatic carbocycles. The molecule has 1 aromatic carbocycles. The van der Waals surface area contributed by atoms with E-state index in [1.807, 2.05) is 46.4 Å².